The van der Waals surface area contributed by atoms with Gasteiger partial charge in [-0.3, -0.25) is 9.79 Å². The van der Waals surface area contributed by atoms with Crippen LogP contribution >= 0.6 is 0 Å². The van der Waals surface area contributed by atoms with Crippen LogP contribution in [0, 0.1) is 13.8 Å². The van der Waals surface area contributed by atoms with Gasteiger partial charge in [-0.1, -0.05) is 6.07 Å². The van der Waals surface area contributed by atoms with E-state index in [2.05, 4.69) is 25.9 Å². The van der Waals surface area contributed by atoms with Crippen LogP contribution in [0.2, 0.25) is 0 Å². The molecule has 1 aliphatic rings. The maximum atomic E-state index is 12.2. The van der Waals surface area contributed by atoms with Gasteiger partial charge in [0.2, 0.25) is 5.96 Å². The van der Waals surface area contributed by atoms with Crippen molar-refractivity contribution in [3.63, 3.8) is 0 Å². The van der Waals surface area contributed by atoms with Gasteiger partial charge in [-0.05, 0) is 49.2 Å². The molecule has 3 rings (SSSR count). The molecule has 1 heterocycles. The zero-order chi connectivity index (χ0) is 20.8. The van der Waals surface area contributed by atoms with Gasteiger partial charge in [-0.2, -0.15) is 4.99 Å². The van der Waals surface area contributed by atoms with E-state index in [9.17, 15) is 9.90 Å². The van der Waals surface area contributed by atoms with Crippen molar-refractivity contribution in [2.45, 2.75) is 20.3 Å². The SMILES string of the molecule is Cc1cc(NC2=NCCC(Nc3cc(O)ccc3C)=N2)cc(C(=O)NCCN)c1. The van der Waals surface area contributed by atoms with Gasteiger partial charge in [0.25, 0.3) is 5.91 Å². The van der Waals surface area contributed by atoms with Crippen molar-refractivity contribution in [3.05, 3.63) is 53.1 Å². The van der Waals surface area contributed by atoms with Gasteiger partial charge in [0.15, 0.2) is 0 Å². The molecule has 0 unspecified atom stereocenters. The van der Waals surface area contributed by atoms with Crippen LogP contribution < -0.4 is 21.7 Å². The van der Waals surface area contributed by atoms with Crippen LogP contribution in [0.15, 0.2) is 46.4 Å². The summed E-state index contributed by atoms with van der Waals surface area (Å²) in [6.45, 7) is 5.29. The van der Waals surface area contributed by atoms with Crippen LogP contribution in [0.3, 0.4) is 0 Å². The molecule has 152 valence electrons. The highest BCUT2D eigenvalue weighted by atomic mass is 16.3. The van der Waals surface area contributed by atoms with Crippen molar-refractivity contribution in [1.29, 1.82) is 0 Å². The van der Waals surface area contributed by atoms with Crippen LogP contribution in [0.4, 0.5) is 11.4 Å². The molecule has 1 amide bonds. The minimum Gasteiger partial charge on any atom is -0.508 e. The molecule has 0 aliphatic carbocycles. The fraction of sp³-hybridized carbons (Fsp3) is 0.286. The number of carbonyl (C=O) groups excluding carboxylic acids is 1. The molecule has 0 fully saturated rings. The molecule has 0 spiro atoms. The van der Waals surface area contributed by atoms with Gasteiger partial charge in [0.05, 0.1) is 0 Å². The Labute approximate surface area is 170 Å². The third-order valence-electron chi connectivity index (χ3n) is 4.38. The number of amides is 1. The Morgan fingerprint density at radius 1 is 1.17 bits per heavy atom. The van der Waals surface area contributed by atoms with Crippen molar-refractivity contribution in [3.8, 4) is 5.75 Å². The number of aromatic hydroxyl groups is 1. The predicted molar refractivity (Wildman–Crippen MR) is 117 cm³/mol. The van der Waals surface area contributed by atoms with E-state index in [0.717, 1.165) is 28.3 Å². The third kappa shape index (κ3) is 5.55. The molecule has 0 radical (unpaired) electrons. The summed E-state index contributed by atoms with van der Waals surface area (Å²) < 4.78 is 0. The zero-order valence-electron chi connectivity index (χ0n) is 16.6. The number of phenolic OH excluding ortho intramolecular Hbond substituents is 1. The minimum atomic E-state index is -0.169. The molecule has 8 heteroatoms. The molecule has 0 atom stereocenters. The van der Waals surface area contributed by atoms with Crippen molar-refractivity contribution in [2.75, 3.05) is 30.3 Å². The summed E-state index contributed by atoms with van der Waals surface area (Å²) in [4.78, 5) is 21.2. The average molecular weight is 394 g/mol. The topological polar surface area (TPSA) is 124 Å². The molecule has 29 heavy (non-hydrogen) atoms. The van der Waals surface area contributed by atoms with E-state index in [1.165, 1.54) is 0 Å². The lowest BCUT2D eigenvalue weighted by Crippen LogP contribution is -2.29. The Hall–Kier alpha value is -3.39. The lowest BCUT2D eigenvalue weighted by Gasteiger charge is -2.17. The first-order chi connectivity index (χ1) is 13.9. The van der Waals surface area contributed by atoms with Gasteiger partial charge >= 0.3 is 0 Å². The first-order valence-electron chi connectivity index (χ1n) is 9.50. The van der Waals surface area contributed by atoms with Crippen molar-refractivity contribution < 1.29 is 9.90 Å². The van der Waals surface area contributed by atoms with E-state index in [4.69, 9.17) is 5.73 Å². The number of carbonyl (C=O) groups is 1. The number of aliphatic imine (C=N–C) groups is 2. The number of hydrogen-bond donors (Lipinski definition) is 5. The largest absolute Gasteiger partial charge is 0.508 e. The minimum absolute atomic E-state index is 0.169. The highest BCUT2D eigenvalue weighted by molar-refractivity contribution is 6.09. The van der Waals surface area contributed by atoms with Crippen LogP contribution in [0.1, 0.15) is 27.9 Å². The average Bonchev–Trinajstić information content (AvgIpc) is 2.69. The smallest absolute Gasteiger partial charge is 0.251 e. The van der Waals surface area contributed by atoms with E-state index in [-0.39, 0.29) is 11.7 Å². The Kier molecular flexibility index (Phi) is 6.46. The molecule has 8 nitrogen and oxygen atoms in total. The lowest BCUT2D eigenvalue weighted by atomic mass is 10.1. The summed E-state index contributed by atoms with van der Waals surface area (Å²) in [6, 6.07) is 10.7. The van der Waals surface area contributed by atoms with Crippen molar-refractivity contribution >= 4 is 29.1 Å². The second kappa shape index (κ2) is 9.20. The number of nitrogens with one attached hydrogen (secondary N) is 3. The maximum absolute atomic E-state index is 12.2. The normalized spacial score (nSPS) is 13.3. The summed E-state index contributed by atoms with van der Waals surface area (Å²) in [5, 5.41) is 18.9. The van der Waals surface area contributed by atoms with Crippen LogP contribution in [-0.4, -0.2) is 42.4 Å². The number of nitrogens with two attached hydrogens (primary N) is 1. The number of nitrogens with zero attached hydrogens (tertiary/aromatic N) is 2. The predicted octanol–water partition coefficient (Wildman–Crippen LogP) is 2.38. The molecule has 6 N–H and O–H groups in total. The molecular weight excluding hydrogens is 368 g/mol. The van der Waals surface area contributed by atoms with Gasteiger partial charge in [-0.15, -0.1) is 0 Å². The first kappa shape index (κ1) is 20.3. The quantitative estimate of drug-likeness (QED) is 0.533. The molecule has 0 bridgehead atoms. The molecule has 2 aromatic carbocycles. The van der Waals surface area contributed by atoms with Crippen molar-refractivity contribution in [2.24, 2.45) is 15.7 Å². The van der Waals surface area contributed by atoms with Gasteiger partial charge < -0.3 is 26.8 Å². The van der Waals surface area contributed by atoms with Crippen LogP contribution in [0.25, 0.3) is 0 Å². The number of anilines is 2. The summed E-state index contributed by atoms with van der Waals surface area (Å²) in [5.41, 5.74) is 9.49. The zero-order valence-corrected chi connectivity index (χ0v) is 16.6. The van der Waals surface area contributed by atoms with Gasteiger partial charge in [-0.25, -0.2) is 0 Å². The third-order valence-corrected chi connectivity index (χ3v) is 4.38. The van der Waals surface area contributed by atoms with E-state index in [1.807, 2.05) is 32.0 Å². The second-order valence-electron chi connectivity index (χ2n) is 6.90. The lowest BCUT2D eigenvalue weighted by molar-refractivity contribution is 0.0954. The maximum Gasteiger partial charge on any atom is 0.251 e. The number of rotatable bonds is 5. The Bertz CT molecular complexity index is 968. The summed E-state index contributed by atoms with van der Waals surface area (Å²) in [5.74, 6) is 1.25. The summed E-state index contributed by atoms with van der Waals surface area (Å²) >= 11 is 0. The van der Waals surface area contributed by atoms with Gasteiger partial charge in [0, 0.05) is 49.1 Å². The van der Waals surface area contributed by atoms with E-state index < -0.39 is 0 Å². The van der Waals surface area contributed by atoms with E-state index in [0.29, 0.717) is 37.6 Å². The number of hydrogen-bond acceptors (Lipinski definition) is 7. The molecule has 2 aromatic rings. The van der Waals surface area contributed by atoms with E-state index in [1.54, 1.807) is 18.2 Å². The van der Waals surface area contributed by atoms with Crippen LogP contribution in [0.5, 0.6) is 5.75 Å². The molecule has 0 aromatic heterocycles. The Morgan fingerprint density at radius 3 is 2.79 bits per heavy atom. The number of aryl methyl sites for hydroxylation is 2. The fourth-order valence-corrected chi connectivity index (χ4v) is 2.95. The summed E-state index contributed by atoms with van der Waals surface area (Å²) in [6.07, 6.45) is 0.667. The number of phenols is 1. The monoisotopic (exact) mass is 394 g/mol. The van der Waals surface area contributed by atoms with Gasteiger partial charge in [0.1, 0.15) is 11.6 Å². The van der Waals surface area contributed by atoms with Crippen LogP contribution in [-0.2, 0) is 0 Å². The highest BCUT2D eigenvalue weighted by Crippen LogP contribution is 2.22. The fourth-order valence-electron chi connectivity index (χ4n) is 2.95. The molecular formula is C21H26N6O2. The number of benzene rings is 2. The first-order valence-corrected chi connectivity index (χ1v) is 9.50. The number of guanidine groups is 1. The standard InChI is InChI=1S/C21H26N6O2/c1-13-9-15(20(29)23-8-6-22)11-16(10-13)25-21-24-7-5-19(27-21)26-18-12-17(28)4-3-14(18)2/h3-4,9-12,28H,5-8,22H2,1-2H3,(H,23,29)(H2,24,25,26,27). The highest BCUT2D eigenvalue weighted by Gasteiger charge is 2.12. The second-order valence-corrected chi connectivity index (χ2v) is 6.90. The molecule has 0 saturated heterocycles. The molecule has 1 aliphatic heterocycles. The van der Waals surface area contributed by atoms with Crippen molar-refractivity contribution in [1.82, 2.24) is 5.32 Å². The van der Waals surface area contributed by atoms with E-state index >= 15 is 0 Å². The Balaban J connectivity index is 1.74. The molecule has 0 saturated carbocycles. The summed E-state index contributed by atoms with van der Waals surface area (Å²) in [7, 11) is 0. The number of amidine groups is 1. The Morgan fingerprint density at radius 2 is 2.00 bits per heavy atom.